The van der Waals surface area contributed by atoms with Crippen molar-refractivity contribution in [3.63, 3.8) is 0 Å². The highest BCUT2D eigenvalue weighted by Crippen LogP contribution is 2.29. The number of benzene rings is 1. The highest BCUT2D eigenvalue weighted by Gasteiger charge is 2.19. The van der Waals surface area contributed by atoms with Crippen LogP contribution in [0.25, 0.3) is 22.4 Å². The van der Waals surface area contributed by atoms with Gasteiger partial charge in [0.1, 0.15) is 10.4 Å². The van der Waals surface area contributed by atoms with Gasteiger partial charge in [-0.2, -0.15) is 0 Å². The van der Waals surface area contributed by atoms with Crippen molar-refractivity contribution in [3.05, 3.63) is 50.1 Å². The molecule has 0 aliphatic carbocycles. The Morgan fingerprint density at radius 3 is 2.56 bits per heavy atom. The molecule has 0 saturated heterocycles. The van der Waals surface area contributed by atoms with Crippen molar-refractivity contribution >= 4 is 40.4 Å². The lowest BCUT2D eigenvalue weighted by molar-refractivity contribution is -0.137. The molecule has 0 atom stereocenters. The van der Waals surface area contributed by atoms with Crippen molar-refractivity contribution in [2.75, 3.05) is 12.9 Å². The van der Waals surface area contributed by atoms with Gasteiger partial charge in [0.25, 0.3) is 5.56 Å². The molecule has 140 valence electrons. The highest BCUT2D eigenvalue weighted by molar-refractivity contribution is 8.00. The van der Waals surface area contributed by atoms with Crippen molar-refractivity contribution in [2.24, 2.45) is 14.1 Å². The second kappa shape index (κ2) is 7.53. The summed E-state index contributed by atoms with van der Waals surface area (Å²) in [6, 6.07) is 6.97. The first-order valence-corrected chi connectivity index (χ1v) is 9.13. The van der Waals surface area contributed by atoms with E-state index in [1.54, 1.807) is 24.3 Å². The monoisotopic (exact) mass is 406 g/mol. The first-order chi connectivity index (χ1) is 12.8. The number of aromatic nitrogens is 4. The summed E-state index contributed by atoms with van der Waals surface area (Å²) in [6.07, 6.45) is 0. The molecule has 3 rings (SSSR count). The molecule has 0 bridgehead atoms. The maximum Gasteiger partial charge on any atom is 0.332 e. The molecule has 27 heavy (non-hydrogen) atoms. The maximum atomic E-state index is 12.7. The number of rotatable bonds is 4. The van der Waals surface area contributed by atoms with Gasteiger partial charge in [0.2, 0.25) is 0 Å². The molecule has 8 nitrogen and oxygen atoms in total. The Balaban J connectivity index is 2.35. The van der Waals surface area contributed by atoms with Crippen LogP contribution in [0.5, 0.6) is 0 Å². The highest BCUT2D eigenvalue weighted by atomic mass is 35.5. The molecule has 0 fully saturated rings. The van der Waals surface area contributed by atoms with E-state index >= 15 is 0 Å². The third kappa shape index (κ3) is 3.47. The number of esters is 1. The summed E-state index contributed by atoms with van der Waals surface area (Å²) >= 11 is 7.28. The summed E-state index contributed by atoms with van der Waals surface area (Å²) < 4.78 is 6.89. The summed E-state index contributed by atoms with van der Waals surface area (Å²) in [7, 11) is 4.17. The van der Waals surface area contributed by atoms with Crippen LogP contribution in [0.15, 0.2) is 38.9 Å². The molecular formula is C17H15ClN4O4S. The minimum atomic E-state index is -0.536. The number of ether oxygens (including phenoxy) is 1. The lowest BCUT2D eigenvalue weighted by Crippen LogP contribution is -2.37. The Hall–Kier alpha value is -2.65. The number of hydrogen-bond acceptors (Lipinski definition) is 7. The Morgan fingerprint density at radius 1 is 1.19 bits per heavy atom. The summed E-state index contributed by atoms with van der Waals surface area (Å²) in [4.78, 5) is 45.4. The number of aryl methyl sites for hydroxylation is 1. The minimum absolute atomic E-state index is 0.0451. The van der Waals surface area contributed by atoms with Crippen LogP contribution < -0.4 is 11.2 Å². The number of halogens is 1. The number of fused-ring (bicyclic) bond motifs is 1. The van der Waals surface area contributed by atoms with E-state index < -0.39 is 17.2 Å². The Labute approximate surface area is 162 Å². The van der Waals surface area contributed by atoms with E-state index in [9.17, 15) is 14.4 Å². The van der Waals surface area contributed by atoms with E-state index in [2.05, 4.69) is 14.7 Å². The van der Waals surface area contributed by atoms with E-state index in [1.807, 2.05) is 0 Å². The first kappa shape index (κ1) is 19.1. The average Bonchev–Trinajstić information content (AvgIpc) is 2.68. The summed E-state index contributed by atoms with van der Waals surface area (Å²) in [5, 5.41) is 0.857. The number of carbonyl (C=O) groups is 1. The Bertz CT molecular complexity index is 1170. The molecule has 3 aromatic rings. The van der Waals surface area contributed by atoms with Crippen LogP contribution in [-0.4, -0.2) is 37.9 Å². The second-order valence-electron chi connectivity index (χ2n) is 5.60. The Morgan fingerprint density at radius 2 is 1.89 bits per heavy atom. The zero-order chi connectivity index (χ0) is 19.7. The van der Waals surface area contributed by atoms with Crippen molar-refractivity contribution in [1.29, 1.82) is 0 Å². The number of hydrogen-bond donors (Lipinski definition) is 0. The van der Waals surface area contributed by atoms with Gasteiger partial charge in [-0.3, -0.25) is 18.7 Å². The molecule has 0 aliphatic heterocycles. The molecule has 0 unspecified atom stereocenters. The van der Waals surface area contributed by atoms with Crippen molar-refractivity contribution in [2.45, 2.75) is 5.03 Å². The van der Waals surface area contributed by atoms with Crippen molar-refractivity contribution < 1.29 is 9.53 Å². The van der Waals surface area contributed by atoms with Crippen molar-refractivity contribution in [1.82, 2.24) is 19.1 Å². The van der Waals surface area contributed by atoms with Crippen LogP contribution in [0.4, 0.5) is 0 Å². The van der Waals surface area contributed by atoms with Crippen LogP contribution in [0.1, 0.15) is 0 Å². The molecule has 0 amide bonds. The van der Waals surface area contributed by atoms with Crippen LogP contribution in [-0.2, 0) is 23.6 Å². The molecule has 0 spiro atoms. The Kier molecular flexibility index (Phi) is 5.33. The number of nitrogens with zero attached hydrogens (tertiary/aromatic N) is 4. The number of methoxy groups -OCH3 is 1. The van der Waals surface area contributed by atoms with Gasteiger partial charge in [0.15, 0.2) is 11.5 Å². The normalized spacial score (nSPS) is 11.0. The van der Waals surface area contributed by atoms with E-state index in [-0.39, 0.29) is 27.6 Å². The molecular weight excluding hydrogens is 392 g/mol. The molecule has 0 aliphatic rings. The van der Waals surface area contributed by atoms with E-state index in [0.717, 1.165) is 16.3 Å². The second-order valence-corrected chi connectivity index (χ2v) is 6.97. The SMILES string of the molecule is COC(=O)CSc1nc(-c2ccccc2Cl)nc2c1c(=O)n(C)c(=O)n2C. The smallest absolute Gasteiger partial charge is 0.332 e. The average molecular weight is 407 g/mol. The predicted molar refractivity (Wildman–Crippen MR) is 103 cm³/mol. The molecule has 2 aromatic heterocycles. The number of thioether (sulfide) groups is 1. The van der Waals surface area contributed by atoms with E-state index in [0.29, 0.717) is 10.6 Å². The summed E-state index contributed by atoms with van der Waals surface area (Å²) in [5.41, 5.74) is -0.333. The summed E-state index contributed by atoms with van der Waals surface area (Å²) in [6.45, 7) is 0. The third-order valence-corrected chi connectivity index (χ3v) is 5.21. The summed E-state index contributed by atoms with van der Waals surface area (Å²) in [5.74, 6) is -0.257. The largest absolute Gasteiger partial charge is 0.468 e. The minimum Gasteiger partial charge on any atom is -0.468 e. The quantitative estimate of drug-likeness (QED) is 0.369. The fourth-order valence-corrected chi connectivity index (χ4v) is 3.55. The van der Waals surface area contributed by atoms with Gasteiger partial charge in [-0.15, -0.1) is 0 Å². The fraction of sp³-hybridized carbons (Fsp3) is 0.235. The van der Waals surface area contributed by atoms with Crippen LogP contribution >= 0.6 is 23.4 Å². The van der Waals surface area contributed by atoms with E-state index in [4.69, 9.17) is 11.6 Å². The third-order valence-electron chi connectivity index (χ3n) is 3.94. The predicted octanol–water partition coefficient (Wildman–Crippen LogP) is 1.61. The molecule has 1 aromatic carbocycles. The van der Waals surface area contributed by atoms with Crippen LogP contribution in [0, 0.1) is 0 Å². The number of carbonyl (C=O) groups excluding carboxylic acids is 1. The molecule has 10 heteroatoms. The molecule has 0 radical (unpaired) electrons. The molecule has 2 heterocycles. The lowest BCUT2D eigenvalue weighted by atomic mass is 10.2. The first-order valence-electron chi connectivity index (χ1n) is 7.77. The standard InChI is InChI=1S/C17H15ClN4O4S/c1-21-14-12(16(24)22(2)17(21)25)15(27-8-11(23)26-3)20-13(19-14)9-6-4-5-7-10(9)18/h4-7H,8H2,1-3H3. The van der Waals surface area contributed by atoms with Gasteiger partial charge in [-0.25, -0.2) is 14.8 Å². The van der Waals surface area contributed by atoms with Crippen molar-refractivity contribution in [3.8, 4) is 11.4 Å². The van der Waals surface area contributed by atoms with Gasteiger partial charge >= 0.3 is 11.7 Å². The van der Waals surface area contributed by atoms with Crippen LogP contribution in [0.3, 0.4) is 0 Å². The lowest BCUT2D eigenvalue weighted by Gasteiger charge is -2.12. The van der Waals surface area contributed by atoms with Gasteiger partial charge in [-0.1, -0.05) is 35.5 Å². The maximum absolute atomic E-state index is 12.7. The topological polar surface area (TPSA) is 96.1 Å². The van der Waals surface area contributed by atoms with E-state index in [1.165, 1.54) is 25.8 Å². The van der Waals surface area contributed by atoms with Gasteiger partial charge in [-0.05, 0) is 12.1 Å². The van der Waals surface area contributed by atoms with Gasteiger partial charge in [0, 0.05) is 19.7 Å². The molecule has 0 N–H and O–H groups in total. The van der Waals surface area contributed by atoms with Gasteiger partial charge < -0.3 is 4.74 Å². The zero-order valence-electron chi connectivity index (χ0n) is 14.7. The zero-order valence-corrected chi connectivity index (χ0v) is 16.3. The fourth-order valence-electron chi connectivity index (χ4n) is 2.48. The van der Waals surface area contributed by atoms with Gasteiger partial charge in [0.05, 0.1) is 17.9 Å². The van der Waals surface area contributed by atoms with Crippen LogP contribution in [0.2, 0.25) is 5.02 Å². The molecule has 0 saturated carbocycles.